The van der Waals surface area contributed by atoms with Crippen LogP contribution in [0.1, 0.15) is 41.3 Å². The molecule has 4 heterocycles. The van der Waals surface area contributed by atoms with Crippen LogP contribution < -0.4 is 0 Å². The van der Waals surface area contributed by atoms with Crippen molar-refractivity contribution in [1.29, 1.82) is 0 Å². The van der Waals surface area contributed by atoms with Gasteiger partial charge in [0, 0.05) is 41.1 Å². The van der Waals surface area contributed by atoms with Gasteiger partial charge in [0.1, 0.15) is 0 Å². The minimum atomic E-state index is 0.924. The Morgan fingerprint density at radius 1 is 0.667 bits per heavy atom. The number of hydrogen-bond donors (Lipinski definition) is 0. The summed E-state index contributed by atoms with van der Waals surface area (Å²) in [5.41, 5.74) is 18.8. The van der Waals surface area contributed by atoms with E-state index in [0.29, 0.717) is 0 Å². The van der Waals surface area contributed by atoms with Crippen molar-refractivity contribution in [2.45, 2.75) is 26.2 Å². The second-order valence-electron chi connectivity index (χ2n) is 12.6. The van der Waals surface area contributed by atoms with Gasteiger partial charge in [0.05, 0.1) is 33.3 Å². The molecule has 0 unspecified atom stereocenters. The van der Waals surface area contributed by atoms with Crippen molar-refractivity contribution in [3.05, 3.63) is 168 Å². The van der Waals surface area contributed by atoms with Crippen molar-refractivity contribution >= 4 is 44.6 Å². The normalized spacial score (nSPS) is 13.1. The molecule has 4 nitrogen and oxygen atoms in total. The van der Waals surface area contributed by atoms with Crippen molar-refractivity contribution in [2.75, 3.05) is 0 Å². The van der Waals surface area contributed by atoms with Crippen LogP contribution in [0.4, 0.5) is 0 Å². The fraction of sp³-hybridized carbons (Fsp3) is 0.0909. The molecule has 230 valence electrons. The van der Waals surface area contributed by atoms with Gasteiger partial charge in [-0.2, -0.15) is 0 Å². The molecule has 0 fully saturated rings. The summed E-state index contributed by atoms with van der Waals surface area (Å²) in [4.78, 5) is 9.63. The molecule has 0 N–H and O–H groups in total. The SMILES string of the molecule is C1=C(c2ccc3c(c2)-c2cccc(-n4c5ccccc5c5ncccc54)c2C3)CCc2c1c1ncccc1n2-c1ccccc1.C=CC. The summed E-state index contributed by atoms with van der Waals surface area (Å²) in [5.74, 6) is 0. The fourth-order valence-corrected chi connectivity index (χ4v) is 7.82. The first-order valence-electron chi connectivity index (χ1n) is 16.7. The Hall–Kier alpha value is -6.00. The van der Waals surface area contributed by atoms with Gasteiger partial charge in [-0.15, -0.1) is 6.58 Å². The molecule has 4 heteroatoms. The Labute approximate surface area is 280 Å². The third kappa shape index (κ3) is 4.30. The maximum absolute atomic E-state index is 4.86. The van der Waals surface area contributed by atoms with Gasteiger partial charge < -0.3 is 9.13 Å². The van der Waals surface area contributed by atoms with Crippen LogP contribution in [0.2, 0.25) is 0 Å². The number of fused-ring (bicyclic) bond motifs is 9. The molecule has 0 atom stereocenters. The Morgan fingerprint density at radius 2 is 1.40 bits per heavy atom. The van der Waals surface area contributed by atoms with E-state index in [1.165, 1.54) is 72.4 Å². The largest absolute Gasteiger partial charge is 0.311 e. The van der Waals surface area contributed by atoms with Crippen LogP contribution >= 0.6 is 0 Å². The molecule has 0 aliphatic heterocycles. The summed E-state index contributed by atoms with van der Waals surface area (Å²) in [5, 5.41) is 1.19. The zero-order valence-electron chi connectivity index (χ0n) is 26.9. The number of para-hydroxylation sites is 2. The van der Waals surface area contributed by atoms with Gasteiger partial charge in [-0.05, 0) is 114 Å². The number of nitrogens with zero attached hydrogens (tertiary/aromatic N) is 4. The van der Waals surface area contributed by atoms with E-state index in [1.807, 2.05) is 31.5 Å². The highest BCUT2D eigenvalue weighted by Crippen LogP contribution is 2.44. The van der Waals surface area contributed by atoms with E-state index in [1.54, 1.807) is 6.08 Å². The van der Waals surface area contributed by atoms with Crippen molar-refractivity contribution in [2.24, 2.45) is 0 Å². The Balaban J connectivity index is 0.00000101. The third-order valence-corrected chi connectivity index (χ3v) is 9.79. The molecule has 0 radical (unpaired) electrons. The standard InChI is InChI=1S/C41H28N4.C3H6/c1-2-9-29(10-3-1)44-37-20-19-27(24-34(37)41-38(44)15-7-22-43-41)26-17-18-28-25-33-30(32(28)23-26)12-6-14-36(33)45-35-13-5-4-11-31(35)40-39(45)16-8-21-42-40;1-3-2/h1-18,21-24H,19-20,25H2;3H,1H2,2H3. The lowest BCUT2D eigenvalue weighted by molar-refractivity contribution is 0.898. The van der Waals surface area contributed by atoms with E-state index < -0.39 is 0 Å². The minimum Gasteiger partial charge on any atom is -0.311 e. The quantitative estimate of drug-likeness (QED) is 0.185. The number of allylic oxidation sites excluding steroid dienone is 2. The highest BCUT2D eigenvalue weighted by atomic mass is 15.0. The maximum Gasteiger partial charge on any atom is 0.0963 e. The first-order chi connectivity index (χ1) is 23.7. The Morgan fingerprint density at radius 3 is 2.23 bits per heavy atom. The summed E-state index contributed by atoms with van der Waals surface area (Å²) in [6.07, 6.45) is 10.9. The van der Waals surface area contributed by atoms with E-state index in [0.717, 1.165) is 35.8 Å². The molecule has 0 saturated carbocycles. The highest BCUT2D eigenvalue weighted by Gasteiger charge is 2.26. The summed E-state index contributed by atoms with van der Waals surface area (Å²) >= 11 is 0. The predicted molar refractivity (Wildman–Crippen MR) is 200 cm³/mol. The number of rotatable bonds is 3. The molecular formula is C44H34N4. The Bertz CT molecular complexity index is 2510. The maximum atomic E-state index is 4.86. The van der Waals surface area contributed by atoms with E-state index >= 15 is 0 Å². The first-order valence-corrected chi connectivity index (χ1v) is 16.7. The fourth-order valence-electron chi connectivity index (χ4n) is 7.82. The van der Waals surface area contributed by atoms with Crippen molar-refractivity contribution < 1.29 is 0 Å². The second kappa shape index (κ2) is 11.4. The molecule has 0 amide bonds. The topological polar surface area (TPSA) is 35.6 Å². The summed E-state index contributed by atoms with van der Waals surface area (Å²) in [6.45, 7) is 5.25. The monoisotopic (exact) mass is 618 g/mol. The lowest BCUT2D eigenvalue weighted by Gasteiger charge is -2.18. The first kappa shape index (κ1) is 28.2. The van der Waals surface area contributed by atoms with Crippen LogP contribution in [0.3, 0.4) is 0 Å². The van der Waals surface area contributed by atoms with Gasteiger partial charge in [0.15, 0.2) is 0 Å². The molecule has 4 aromatic carbocycles. The van der Waals surface area contributed by atoms with Crippen LogP contribution in [-0.2, 0) is 12.8 Å². The number of benzene rings is 4. The summed E-state index contributed by atoms with van der Waals surface area (Å²) in [7, 11) is 0. The summed E-state index contributed by atoms with van der Waals surface area (Å²) in [6, 6.07) is 41.6. The van der Waals surface area contributed by atoms with E-state index in [4.69, 9.17) is 9.97 Å². The second-order valence-corrected chi connectivity index (χ2v) is 12.6. The molecular weight excluding hydrogens is 585 g/mol. The van der Waals surface area contributed by atoms with Gasteiger partial charge in [-0.3, -0.25) is 9.97 Å². The zero-order chi connectivity index (χ0) is 32.2. The summed E-state index contributed by atoms with van der Waals surface area (Å²) < 4.78 is 4.81. The molecule has 2 aliphatic carbocycles. The lowest BCUT2D eigenvalue weighted by Crippen LogP contribution is -2.05. The lowest BCUT2D eigenvalue weighted by atomic mass is 9.90. The highest BCUT2D eigenvalue weighted by molar-refractivity contribution is 6.07. The molecule has 0 bridgehead atoms. The molecule has 48 heavy (non-hydrogen) atoms. The molecule has 8 aromatic rings. The molecule has 4 aromatic heterocycles. The molecule has 0 spiro atoms. The van der Waals surface area contributed by atoms with Crippen LogP contribution in [0.5, 0.6) is 0 Å². The number of hydrogen-bond acceptors (Lipinski definition) is 2. The van der Waals surface area contributed by atoms with Gasteiger partial charge in [-0.25, -0.2) is 0 Å². The van der Waals surface area contributed by atoms with Crippen LogP contribution in [0, 0.1) is 0 Å². The van der Waals surface area contributed by atoms with Crippen molar-refractivity contribution in [3.63, 3.8) is 0 Å². The number of aromatic nitrogens is 4. The van der Waals surface area contributed by atoms with Gasteiger partial charge in [-0.1, -0.05) is 66.7 Å². The van der Waals surface area contributed by atoms with Crippen molar-refractivity contribution in [3.8, 4) is 22.5 Å². The van der Waals surface area contributed by atoms with Gasteiger partial charge >= 0.3 is 0 Å². The van der Waals surface area contributed by atoms with Gasteiger partial charge in [0.2, 0.25) is 0 Å². The van der Waals surface area contributed by atoms with E-state index in [2.05, 4.69) is 125 Å². The molecule has 10 rings (SSSR count). The van der Waals surface area contributed by atoms with Crippen molar-refractivity contribution in [1.82, 2.24) is 19.1 Å². The van der Waals surface area contributed by atoms with E-state index in [-0.39, 0.29) is 0 Å². The zero-order valence-corrected chi connectivity index (χ0v) is 26.9. The number of pyridine rings is 2. The van der Waals surface area contributed by atoms with Crippen LogP contribution in [0.15, 0.2) is 140 Å². The smallest absolute Gasteiger partial charge is 0.0963 e. The minimum absolute atomic E-state index is 0.924. The van der Waals surface area contributed by atoms with Gasteiger partial charge in [0.25, 0.3) is 0 Å². The average Bonchev–Trinajstić information content (AvgIpc) is 3.80. The van der Waals surface area contributed by atoms with Crippen LogP contribution in [-0.4, -0.2) is 19.1 Å². The van der Waals surface area contributed by atoms with Crippen LogP contribution in [0.25, 0.3) is 67.1 Å². The molecule has 0 saturated heterocycles. The van der Waals surface area contributed by atoms with E-state index in [9.17, 15) is 0 Å². The Kier molecular flexibility index (Phi) is 6.68. The average molecular weight is 619 g/mol. The predicted octanol–water partition coefficient (Wildman–Crippen LogP) is 10.8. The molecule has 2 aliphatic rings. The third-order valence-electron chi connectivity index (χ3n) is 9.79.